The van der Waals surface area contributed by atoms with E-state index in [2.05, 4.69) is 51.6 Å². The van der Waals surface area contributed by atoms with Crippen LogP contribution < -0.4 is 0 Å². The first-order valence-electron chi connectivity index (χ1n) is 23.4. The molecule has 2 aromatic rings. The third kappa shape index (κ3) is 6.29. The predicted octanol–water partition coefficient (Wildman–Crippen LogP) is 11.1. The molecule has 1 aromatic heterocycles. The van der Waals surface area contributed by atoms with Gasteiger partial charge in [-0.2, -0.15) is 4.98 Å². The van der Waals surface area contributed by atoms with Crippen LogP contribution >= 0.6 is 0 Å². The summed E-state index contributed by atoms with van der Waals surface area (Å²) >= 11 is 0. The lowest BCUT2D eigenvalue weighted by Gasteiger charge is -2.73. The summed E-state index contributed by atoms with van der Waals surface area (Å²) in [5.74, 6) is 2.89. The van der Waals surface area contributed by atoms with E-state index in [-0.39, 0.29) is 58.0 Å². The monoisotopic (exact) mass is 810 g/mol. The number of ether oxygens (including phenoxy) is 1. The second-order valence-corrected chi connectivity index (χ2v) is 23.4. The number of carbonyl (C=O) groups excluding carboxylic acids is 2. The van der Waals surface area contributed by atoms with Crippen LogP contribution in [0.5, 0.6) is 0 Å². The zero-order valence-electron chi connectivity index (χ0n) is 37.3. The van der Waals surface area contributed by atoms with Crippen LogP contribution in [-0.2, 0) is 19.1 Å². The van der Waals surface area contributed by atoms with Gasteiger partial charge in [-0.1, -0.05) is 90.9 Å². The normalized spacial score (nSPS) is 40.6. The van der Waals surface area contributed by atoms with E-state index in [0.29, 0.717) is 52.6 Å². The van der Waals surface area contributed by atoms with E-state index in [1.807, 2.05) is 44.2 Å². The molecule has 2 heterocycles. The fourth-order valence-electron chi connectivity index (χ4n) is 16.2. The third-order valence-electron chi connectivity index (χ3n) is 19.5. The molecule has 6 saturated carbocycles. The maximum Gasteiger partial charge on any atom is 0.306 e. The Balaban J connectivity index is 0.980. The number of fused-ring (bicyclic) bond motifs is 7. The van der Waals surface area contributed by atoms with Gasteiger partial charge < -0.3 is 19.3 Å². The van der Waals surface area contributed by atoms with Gasteiger partial charge in [0.2, 0.25) is 17.6 Å². The molecular formula is C50H71N3O6. The van der Waals surface area contributed by atoms with E-state index in [1.165, 1.54) is 38.5 Å². The quantitative estimate of drug-likeness (QED) is 0.248. The summed E-state index contributed by atoms with van der Waals surface area (Å²) in [5.41, 5.74) is 0.528. The molecule has 9 heteroatoms. The fourth-order valence-corrected chi connectivity index (χ4v) is 16.2. The summed E-state index contributed by atoms with van der Waals surface area (Å²) in [4.78, 5) is 47.5. The number of likely N-dealkylation sites (tertiary alicyclic amines) is 1. The Morgan fingerprint density at radius 2 is 1.56 bits per heavy atom. The van der Waals surface area contributed by atoms with Crippen molar-refractivity contribution >= 4 is 17.8 Å². The first-order valence-corrected chi connectivity index (χ1v) is 23.4. The van der Waals surface area contributed by atoms with Crippen LogP contribution in [-0.4, -0.2) is 50.6 Å². The Morgan fingerprint density at radius 3 is 2.27 bits per heavy atom. The minimum atomic E-state index is -0.885. The standard InChI is InChI=1S/C50H71N3O6/c1-44(2,29-38(54)55)30-39(56)58-37-20-21-47(6)35(45(37,3)4)19-22-49(8)36(47)17-16-33-40-32(46(5)24-25-46)18-23-50(40,27-26-48(33,49)7)43(57)53-28-12-15-34(53)42-51-41(52-59-42)31-13-10-9-11-14-31/h9-11,13-14,32-37,40H,12,15-30H2,1-8H3,(H,54,55)/t32-,33-,34-,35+,36-,37+,40-,47+,48-,49-,50+/m1/s1. The molecule has 1 saturated heterocycles. The number of carboxylic acid groups (broad SMARTS) is 1. The van der Waals surface area contributed by atoms with Crippen LogP contribution in [0, 0.1) is 67.5 Å². The topological polar surface area (TPSA) is 123 Å². The van der Waals surface area contributed by atoms with Crippen LogP contribution in [0.3, 0.4) is 0 Å². The van der Waals surface area contributed by atoms with Crippen molar-refractivity contribution in [3.8, 4) is 11.4 Å². The molecule has 0 bridgehead atoms. The van der Waals surface area contributed by atoms with E-state index in [4.69, 9.17) is 14.2 Å². The highest BCUT2D eigenvalue weighted by atomic mass is 16.5. The summed E-state index contributed by atoms with van der Waals surface area (Å²) in [6.45, 7) is 19.6. The maximum atomic E-state index is 15.6. The molecule has 11 atom stereocenters. The number of carboxylic acids is 1. The van der Waals surface area contributed by atoms with Gasteiger partial charge in [0.15, 0.2) is 0 Å². The van der Waals surface area contributed by atoms with Gasteiger partial charge in [-0.3, -0.25) is 14.4 Å². The lowest BCUT2D eigenvalue weighted by atomic mass is 9.32. The maximum absolute atomic E-state index is 15.6. The third-order valence-corrected chi connectivity index (χ3v) is 19.5. The van der Waals surface area contributed by atoms with Crippen LogP contribution in [0.2, 0.25) is 0 Å². The number of rotatable bonds is 9. The fraction of sp³-hybridized carbons (Fsp3) is 0.780. The Kier molecular flexibility index (Phi) is 9.69. The van der Waals surface area contributed by atoms with E-state index in [9.17, 15) is 14.7 Å². The van der Waals surface area contributed by atoms with E-state index in [0.717, 1.165) is 63.5 Å². The van der Waals surface area contributed by atoms with Gasteiger partial charge in [-0.25, -0.2) is 0 Å². The summed E-state index contributed by atoms with van der Waals surface area (Å²) in [5, 5.41) is 13.8. The first kappa shape index (κ1) is 41.1. The summed E-state index contributed by atoms with van der Waals surface area (Å²) in [7, 11) is 0. The molecule has 322 valence electrons. The van der Waals surface area contributed by atoms with Gasteiger partial charge in [-0.15, -0.1) is 0 Å². The lowest BCUT2D eigenvalue weighted by molar-refractivity contribution is -0.251. The highest BCUT2D eigenvalue weighted by Gasteiger charge is 2.74. The van der Waals surface area contributed by atoms with Gasteiger partial charge in [0.05, 0.1) is 18.3 Å². The number of benzene rings is 1. The number of amides is 1. The Bertz CT molecular complexity index is 1970. The number of hydrogen-bond donors (Lipinski definition) is 1. The summed E-state index contributed by atoms with van der Waals surface area (Å²) < 4.78 is 12.3. The molecule has 9 nitrogen and oxygen atoms in total. The molecule has 7 fully saturated rings. The van der Waals surface area contributed by atoms with Crippen LogP contribution in [0.15, 0.2) is 34.9 Å². The molecule has 7 aliphatic rings. The molecule has 59 heavy (non-hydrogen) atoms. The lowest BCUT2D eigenvalue weighted by Crippen LogP contribution is -2.67. The van der Waals surface area contributed by atoms with E-state index >= 15 is 4.79 Å². The molecule has 1 aliphatic heterocycles. The minimum absolute atomic E-state index is 0.0537. The van der Waals surface area contributed by atoms with Crippen molar-refractivity contribution < 1.29 is 28.8 Å². The van der Waals surface area contributed by atoms with Crippen molar-refractivity contribution in [2.24, 2.45) is 67.5 Å². The van der Waals surface area contributed by atoms with Crippen LogP contribution in [0.25, 0.3) is 11.4 Å². The number of aliphatic carboxylic acids is 1. The molecule has 1 amide bonds. The number of carbonyl (C=O) groups is 3. The van der Waals surface area contributed by atoms with E-state index in [1.54, 1.807) is 0 Å². The van der Waals surface area contributed by atoms with Crippen molar-refractivity contribution in [3.05, 3.63) is 36.2 Å². The van der Waals surface area contributed by atoms with Crippen LogP contribution in [0.4, 0.5) is 0 Å². The average Bonchev–Trinajstić information content (AvgIpc) is 3.56. The highest BCUT2D eigenvalue weighted by Crippen LogP contribution is 2.79. The van der Waals surface area contributed by atoms with Crippen LogP contribution in [0.1, 0.15) is 170 Å². The molecule has 0 spiro atoms. The van der Waals surface area contributed by atoms with Crippen molar-refractivity contribution in [1.29, 1.82) is 0 Å². The number of aromatic nitrogens is 2. The summed E-state index contributed by atoms with van der Waals surface area (Å²) in [6, 6.07) is 9.82. The zero-order valence-corrected chi connectivity index (χ0v) is 37.3. The first-order chi connectivity index (χ1) is 27.8. The second kappa shape index (κ2) is 13.9. The van der Waals surface area contributed by atoms with Gasteiger partial charge in [0.1, 0.15) is 12.1 Å². The average molecular weight is 810 g/mol. The number of esters is 1. The smallest absolute Gasteiger partial charge is 0.306 e. The van der Waals surface area contributed by atoms with Gasteiger partial charge in [0.25, 0.3) is 0 Å². The number of nitrogens with zero attached hydrogens (tertiary/aromatic N) is 3. The molecule has 6 aliphatic carbocycles. The second-order valence-electron chi connectivity index (χ2n) is 23.4. The Labute approximate surface area is 352 Å². The van der Waals surface area contributed by atoms with Crippen molar-refractivity contribution in [2.75, 3.05) is 6.54 Å². The minimum Gasteiger partial charge on any atom is -0.481 e. The number of hydrogen-bond acceptors (Lipinski definition) is 7. The van der Waals surface area contributed by atoms with Gasteiger partial charge >= 0.3 is 11.9 Å². The van der Waals surface area contributed by atoms with Crippen molar-refractivity contribution in [1.82, 2.24) is 15.0 Å². The summed E-state index contributed by atoms with van der Waals surface area (Å²) in [6.07, 6.45) is 15.1. The molecule has 0 unspecified atom stereocenters. The van der Waals surface area contributed by atoms with Crippen molar-refractivity contribution in [2.45, 2.75) is 170 Å². The zero-order chi connectivity index (χ0) is 42.0. The molecule has 1 aromatic carbocycles. The largest absolute Gasteiger partial charge is 0.481 e. The molecule has 1 N–H and O–H groups in total. The van der Waals surface area contributed by atoms with Crippen molar-refractivity contribution in [3.63, 3.8) is 0 Å². The Hall–Kier alpha value is -3.23. The van der Waals surface area contributed by atoms with E-state index < -0.39 is 11.4 Å². The highest BCUT2D eigenvalue weighted by molar-refractivity contribution is 5.84. The van der Waals surface area contributed by atoms with Gasteiger partial charge in [0, 0.05) is 17.5 Å². The Morgan fingerprint density at radius 1 is 0.814 bits per heavy atom. The van der Waals surface area contributed by atoms with Gasteiger partial charge in [-0.05, 0) is 147 Å². The SMILES string of the molecule is CC(C)(CC(=O)O)CC(=O)O[C@H]1CC[C@]2(C)[C@H]3CC[C@@H]4[C@H]5[C@H](C6(C)CC6)CC[C@]5(C(=O)N5CCC[C@@H]5c5nc(-c6ccccc6)no5)CC[C@@]4(C)[C@]3(C)CC[C@H]2C1(C)C. The molecular weight excluding hydrogens is 739 g/mol. The molecule has 0 radical (unpaired) electrons. The molecule has 9 rings (SSSR count). The predicted molar refractivity (Wildman–Crippen MR) is 225 cm³/mol.